The van der Waals surface area contributed by atoms with E-state index < -0.39 is 23.2 Å². The van der Waals surface area contributed by atoms with Gasteiger partial charge in [-0.3, -0.25) is 25.2 Å². The summed E-state index contributed by atoms with van der Waals surface area (Å²) in [5.41, 5.74) is 5.23. The predicted molar refractivity (Wildman–Crippen MR) is 102 cm³/mol. The maximum Gasteiger partial charge on any atom is 0.255 e. The third-order valence-electron chi connectivity index (χ3n) is 6.17. The van der Waals surface area contributed by atoms with Crippen molar-refractivity contribution < 1.29 is 19.1 Å². The van der Waals surface area contributed by atoms with Crippen LogP contribution in [0.5, 0.6) is 5.75 Å². The molecule has 0 aromatic heterocycles. The Labute approximate surface area is 163 Å². The zero-order valence-corrected chi connectivity index (χ0v) is 15.8. The fourth-order valence-corrected chi connectivity index (χ4v) is 4.80. The molecule has 3 unspecified atom stereocenters. The van der Waals surface area contributed by atoms with E-state index in [4.69, 9.17) is 4.74 Å². The molecule has 6 heteroatoms. The molecule has 2 fully saturated rings. The maximum atomic E-state index is 13.2. The minimum Gasteiger partial charge on any atom is -0.497 e. The summed E-state index contributed by atoms with van der Waals surface area (Å²) in [7, 11) is 1.58. The van der Waals surface area contributed by atoms with Crippen molar-refractivity contribution in [1.82, 2.24) is 10.9 Å². The number of ether oxygens (including phenoxy) is 1. The number of methoxy groups -OCH3 is 1. The molecular formula is C22H22N2O4. The van der Waals surface area contributed by atoms with Gasteiger partial charge in [0.25, 0.3) is 11.8 Å². The van der Waals surface area contributed by atoms with Crippen LogP contribution in [0.1, 0.15) is 36.3 Å². The highest BCUT2D eigenvalue weighted by Crippen LogP contribution is 2.57. The molecule has 4 rings (SSSR count). The van der Waals surface area contributed by atoms with Gasteiger partial charge in [0.1, 0.15) is 16.9 Å². The first-order chi connectivity index (χ1) is 13.5. The number of carbonyl (C=O) groups excluding carboxylic acids is 3. The molecule has 0 radical (unpaired) electrons. The Bertz CT molecular complexity index is 907. The summed E-state index contributed by atoms with van der Waals surface area (Å²) >= 11 is 0. The van der Waals surface area contributed by atoms with Crippen molar-refractivity contribution in [3.63, 3.8) is 0 Å². The fourth-order valence-electron chi connectivity index (χ4n) is 4.80. The van der Waals surface area contributed by atoms with Crippen LogP contribution in [0.4, 0.5) is 0 Å². The van der Waals surface area contributed by atoms with Crippen molar-refractivity contribution in [2.24, 2.45) is 11.3 Å². The van der Waals surface area contributed by atoms with Crippen LogP contribution in [0, 0.1) is 11.3 Å². The summed E-state index contributed by atoms with van der Waals surface area (Å²) in [6, 6.07) is 16.6. The normalized spacial score (nSPS) is 26.1. The predicted octanol–water partition coefficient (Wildman–Crippen LogP) is 2.32. The van der Waals surface area contributed by atoms with E-state index in [1.165, 1.54) is 0 Å². The van der Waals surface area contributed by atoms with Gasteiger partial charge < -0.3 is 4.74 Å². The van der Waals surface area contributed by atoms with Gasteiger partial charge in [0.05, 0.1) is 7.11 Å². The monoisotopic (exact) mass is 378 g/mol. The first-order valence-corrected chi connectivity index (χ1v) is 9.32. The molecule has 2 aliphatic rings. The standard InChI is InChI=1S/C22H22N2O4/c1-13-18(25)12-17(14-8-10-16(28-2)11-9-14)22(20(26)23-24-21(22)27)19(13)15-6-4-3-5-7-15/h3-11,13,17,19H,12H2,1-2H3,(H,23,26)(H,24,27). The maximum absolute atomic E-state index is 13.2. The summed E-state index contributed by atoms with van der Waals surface area (Å²) < 4.78 is 5.22. The fraction of sp³-hybridized carbons (Fsp3) is 0.318. The molecule has 28 heavy (non-hydrogen) atoms. The van der Waals surface area contributed by atoms with Gasteiger partial charge in [-0.05, 0) is 23.3 Å². The zero-order chi connectivity index (χ0) is 19.9. The number of rotatable bonds is 3. The number of benzene rings is 2. The molecule has 1 spiro atoms. The molecule has 2 N–H and O–H groups in total. The molecule has 1 saturated heterocycles. The summed E-state index contributed by atoms with van der Waals surface area (Å²) in [6.45, 7) is 1.81. The van der Waals surface area contributed by atoms with E-state index in [0.29, 0.717) is 5.75 Å². The zero-order valence-electron chi connectivity index (χ0n) is 15.8. The topological polar surface area (TPSA) is 84.5 Å². The number of Topliss-reactive ketones (excluding diaryl/α,β-unsaturated/α-hetero) is 1. The van der Waals surface area contributed by atoms with Gasteiger partial charge in [0, 0.05) is 24.2 Å². The van der Waals surface area contributed by atoms with Crippen LogP contribution in [0.3, 0.4) is 0 Å². The van der Waals surface area contributed by atoms with E-state index >= 15 is 0 Å². The van der Waals surface area contributed by atoms with Crippen molar-refractivity contribution in [2.45, 2.75) is 25.2 Å². The average molecular weight is 378 g/mol. The van der Waals surface area contributed by atoms with Gasteiger partial charge in [-0.25, -0.2) is 0 Å². The summed E-state index contributed by atoms with van der Waals surface area (Å²) in [5.74, 6) is -1.61. The van der Waals surface area contributed by atoms with Crippen LogP contribution in [-0.4, -0.2) is 24.7 Å². The lowest BCUT2D eigenvalue weighted by atomic mass is 9.52. The van der Waals surface area contributed by atoms with Gasteiger partial charge >= 0.3 is 0 Å². The third kappa shape index (κ3) is 2.52. The molecule has 1 aliphatic heterocycles. The number of hydrazine groups is 1. The second kappa shape index (κ2) is 6.78. The quantitative estimate of drug-likeness (QED) is 0.803. The van der Waals surface area contributed by atoms with Crippen LogP contribution in [0.25, 0.3) is 0 Å². The van der Waals surface area contributed by atoms with E-state index in [2.05, 4.69) is 10.9 Å². The van der Waals surface area contributed by atoms with Gasteiger partial charge in [0.2, 0.25) is 0 Å². The molecule has 1 heterocycles. The molecular weight excluding hydrogens is 356 g/mol. The highest BCUT2D eigenvalue weighted by Gasteiger charge is 2.65. The summed E-state index contributed by atoms with van der Waals surface area (Å²) in [6.07, 6.45) is 0.137. The molecule has 1 saturated carbocycles. The Balaban J connectivity index is 1.93. The lowest BCUT2D eigenvalue weighted by Gasteiger charge is -2.46. The Hall–Kier alpha value is -3.15. The lowest BCUT2D eigenvalue weighted by molar-refractivity contribution is -0.146. The Kier molecular flexibility index (Phi) is 4.41. The lowest BCUT2D eigenvalue weighted by Crippen LogP contribution is -2.53. The van der Waals surface area contributed by atoms with Crippen LogP contribution < -0.4 is 15.6 Å². The van der Waals surface area contributed by atoms with Crippen molar-refractivity contribution in [2.75, 3.05) is 7.11 Å². The van der Waals surface area contributed by atoms with Crippen molar-refractivity contribution in [3.05, 3.63) is 65.7 Å². The smallest absolute Gasteiger partial charge is 0.255 e. The number of hydrogen-bond donors (Lipinski definition) is 2. The van der Waals surface area contributed by atoms with E-state index in [-0.39, 0.29) is 24.0 Å². The molecule has 2 aromatic rings. The molecule has 1 aliphatic carbocycles. The third-order valence-corrected chi connectivity index (χ3v) is 6.17. The molecule has 0 bridgehead atoms. The molecule has 2 amide bonds. The second-order valence-corrected chi connectivity index (χ2v) is 7.45. The molecule has 6 nitrogen and oxygen atoms in total. The Morgan fingerprint density at radius 3 is 2.07 bits per heavy atom. The number of carbonyl (C=O) groups is 3. The van der Waals surface area contributed by atoms with Gasteiger partial charge in [-0.15, -0.1) is 0 Å². The number of ketones is 1. The number of amides is 2. The molecule has 3 atom stereocenters. The highest BCUT2D eigenvalue weighted by molar-refractivity contribution is 6.13. The first kappa shape index (κ1) is 18.2. The SMILES string of the molecule is COc1ccc(C2CC(=O)C(C)C(c3ccccc3)C23C(=O)NNC3=O)cc1. The van der Waals surface area contributed by atoms with Crippen LogP contribution >= 0.6 is 0 Å². The average Bonchev–Trinajstić information content (AvgIpc) is 3.01. The number of nitrogens with one attached hydrogen (secondary N) is 2. The van der Waals surface area contributed by atoms with E-state index in [0.717, 1.165) is 11.1 Å². The van der Waals surface area contributed by atoms with Crippen molar-refractivity contribution in [3.8, 4) is 5.75 Å². The van der Waals surface area contributed by atoms with Crippen LogP contribution in [0.2, 0.25) is 0 Å². The Morgan fingerprint density at radius 2 is 1.50 bits per heavy atom. The molecule has 2 aromatic carbocycles. The minimum atomic E-state index is -1.39. The van der Waals surface area contributed by atoms with Crippen molar-refractivity contribution in [1.29, 1.82) is 0 Å². The largest absolute Gasteiger partial charge is 0.497 e. The van der Waals surface area contributed by atoms with Crippen molar-refractivity contribution >= 4 is 17.6 Å². The van der Waals surface area contributed by atoms with E-state index in [1.54, 1.807) is 19.2 Å². The Morgan fingerprint density at radius 1 is 0.893 bits per heavy atom. The number of hydrogen-bond acceptors (Lipinski definition) is 4. The van der Waals surface area contributed by atoms with Crippen LogP contribution in [0.15, 0.2) is 54.6 Å². The van der Waals surface area contributed by atoms with Gasteiger partial charge in [0.15, 0.2) is 0 Å². The second-order valence-electron chi connectivity index (χ2n) is 7.45. The van der Waals surface area contributed by atoms with Gasteiger partial charge in [-0.1, -0.05) is 49.4 Å². The van der Waals surface area contributed by atoms with E-state index in [1.807, 2.05) is 49.4 Å². The minimum absolute atomic E-state index is 0.0489. The van der Waals surface area contributed by atoms with E-state index in [9.17, 15) is 14.4 Å². The summed E-state index contributed by atoms with van der Waals surface area (Å²) in [5, 5.41) is 0. The summed E-state index contributed by atoms with van der Waals surface area (Å²) in [4.78, 5) is 39.3. The van der Waals surface area contributed by atoms with Gasteiger partial charge in [-0.2, -0.15) is 0 Å². The highest BCUT2D eigenvalue weighted by atomic mass is 16.5. The molecule has 144 valence electrons. The first-order valence-electron chi connectivity index (χ1n) is 9.32. The van der Waals surface area contributed by atoms with Crippen LogP contribution in [-0.2, 0) is 14.4 Å².